The molecule has 0 aliphatic carbocycles. The summed E-state index contributed by atoms with van der Waals surface area (Å²) in [5.41, 5.74) is 11.3. The molecule has 0 bridgehead atoms. The predicted molar refractivity (Wildman–Crippen MR) is 96.9 cm³/mol. The second-order valence-electron chi connectivity index (χ2n) is 5.77. The molecule has 4 N–H and O–H groups in total. The summed E-state index contributed by atoms with van der Waals surface area (Å²) in [6.07, 6.45) is 0. The fourth-order valence-corrected chi connectivity index (χ4v) is 4.61. The van der Waals surface area contributed by atoms with Crippen molar-refractivity contribution in [2.24, 2.45) is 0 Å². The fraction of sp³-hybridized carbons (Fsp3) is 0.125. The normalized spacial score (nSPS) is 14.4. The molecule has 0 atom stereocenters. The molecule has 3 aromatic rings. The Morgan fingerprint density at radius 2 is 1.70 bits per heavy atom. The van der Waals surface area contributed by atoms with Crippen molar-refractivity contribution in [1.82, 2.24) is 15.0 Å². The summed E-state index contributed by atoms with van der Waals surface area (Å²) in [7, 11) is -3.84. The van der Waals surface area contributed by atoms with Gasteiger partial charge in [-0.3, -0.25) is 9.10 Å². The van der Waals surface area contributed by atoms with Crippen molar-refractivity contribution in [2.45, 2.75) is 11.5 Å². The molecule has 1 aliphatic rings. The molecule has 0 radical (unpaired) electrons. The minimum absolute atomic E-state index is 0.0722. The molecular weight excluding hydrogens is 372 g/mol. The number of carbonyl (C=O) groups is 1. The van der Waals surface area contributed by atoms with Crippen LogP contribution in [-0.2, 0) is 26.2 Å². The van der Waals surface area contributed by atoms with Gasteiger partial charge in [0.15, 0.2) is 12.4 Å². The van der Waals surface area contributed by atoms with E-state index in [-0.39, 0.29) is 29.2 Å². The van der Waals surface area contributed by atoms with Crippen LogP contribution in [-0.4, -0.2) is 35.9 Å². The van der Waals surface area contributed by atoms with Crippen LogP contribution in [0, 0.1) is 0 Å². The third kappa shape index (κ3) is 2.87. The molecule has 27 heavy (non-hydrogen) atoms. The minimum atomic E-state index is -3.84. The van der Waals surface area contributed by atoms with E-state index >= 15 is 0 Å². The van der Waals surface area contributed by atoms with Crippen LogP contribution in [0.1, 0.15) is 5.82 Å². The molecule has 0 saturated heterocycles. The number of nitrogen functional groups attached to an aromatic ring is 2. The third-order valence-electron chi connectivity index (χ3n) is 4.03. The predicted octanol–water partition coefficient (Wildman–Crippen LogP) is 0.441. The topological polar surface area (TPSA) is 154 Å². The second-order valence-corrected chi connectivity index (χ2v) is 7.60. The van der Waals surface area contributed by atoms with Crippen LogP contribution in [0.3, 0.4) is 0 Å². The summed E-state index contributed by atoms with van der Waals surface area (Å²) < 4.78 is 31.7. The number of hydrogen-bond acceptors (Lipinski definition) is 9. The number of hydrogen-bond donors (Lipinski definition) is 2. The van der Waals surface area contributed by atoms with Crippen LogP contribution >= 0.6 is 0 Å². The lowest BCUT2D eigenvalue weighted by Gasteiger charge is -2.17. The highest BCUT2D eigenvalue weighted by Gasteiger charge is 2.36. The van der Waals surface area contributed by atoms with E-state index in [0.717, 1.165) is 9.69 Å². The average Bonchev–Trinajstić information content (AvgIpc) is 2.83. The molecule has 4 rings (SSSR count). The van der Waals surface area contributed by atoms with E-state index in [4.69, 9.17) is 16.2 Å². The Hall–Kier alpha value is -3.47. The zero-order valence-corrected chi connectivity index (χ0v) is 14.7. The largest absolute Gasteiger partial charge is 0.456 e. The van der Waals surface area contributed by atoms with Gasteiger partial charge in [0, 0.05) is 5.39 Å². The van der Waals surface area contributed by atoms with Gasteiger partial charge in [0.05, 0.1) is 10.6 Å². The summed E-state index contributed by atoms with van der Waals surface area (Å²) in [5.74, 6) is -0.889. The molecule has 0 fully saturated rings. The second kappa shape index (κ2) is 6.06. The third-order valence-corrected chi connectivity index (χ3v) is 5.83. The number of nitrogens with two attached hydrogens (primary N) is 2. The molecule has 0 unspecified atom stereocenters. The summed E-state index contributed by atoms with van der Waals surface area (Å²) in [5, 5.41) is 1.37. The monoisotopic (exact) mass is 386 g/mol. The van der Waals surface area contributed by atoms with Gasteiger partial charge in [-0.2, -0.15) is 15.0 Å². The van der Waals surface area contributed by atoms with Crippen LogP contribution in [0.25, 0.3) is 10.8 Å². The molecule has 1 aliphatic heterocycles. The molecule has 11 heteroatoms. The summed E-state index contributed by atoms with van der Waals surface area (Å²) in [4.78, 5) is 23.6. The lowest BCUT2D eigenvalue weighted by Crippen LogP contribution is -2.33. The standard InChI is InChI=1S/C16H14N6O4S/c17-15-19-12(20-16(18)21-15)8-26-13(23)7-22-10-5-1-3-9-4-2-6-11(14(9)10)27(22,24)25/h1-6H,7-8H2,(H4,17,18,19,20,21). The van der Waals surface area contributed by atoms with Crippen molar-refractivity contribution >= 4 is 44.3 Å². The maximum Gasteiger partial charge on any atom is 0.327 e. The first kappa shape index (κ1) is 17.0. The minimum Gasteiger partial charge on any atom is -0.456 e. The van der Waals surface area contributed by atoms with Crippen molar-refractivity contribution < 1.29 is 17.9 Å². The van der Waals surface area contributed by atoms with Gasteiger partial charge >= 0.3 is 5.97 Å². The molecule has 10 nitrogen and oxygen atoms in total. The first-order valence-electron chi connectivity index (χ1n) is 7.82. The van der Waals surface area contributed by atoms with Crippen LogP contribution in [0.2, 0.25) is 0 Å². The van der Waals surface area contributed by atoms with Crippen LogP contribution in [0.5, 0.6) is 0 Å². The van der Waals surface area contributed by atoms with Crippen molar-refractivity contribution in [3.63, 3.8) is 0 Å². The Morgan fingerprint density at radius 1 is 1.04 bits per heavy atom. The number of ether oxygens (including phenoxy) is 1. The number of esters is 1. The molecule has 0 amide bonds. The molecule has 2 aromatic carbocycles. The van der Waals surface area contributed by atoms with Gasteiger partial charge in [0.1, 0.15) is 6.54 Å². The Labute approximate surface area is 153 Å². The van der Waals surface area contributed by atoms with Gasteiger partial charge in [0.25, 0.3) is 10.0 Å². The van der Waals surface area contributed by atoms with E-state index in [9.17, 15) is 13.2 Å². The molecule has 2 heterocycles. The summed E-state index contributed by atoms with van der Waals surface area (Å²) >= 11 is 0. The highest BCUT2D eigenvalue weighted by molar-refractivity contribution is 7.93. The molecule has 138 valence electrons. The number of sulfonamides is 1. The van der Waals surface area contributed by atoms with Gasteiger partial charge < -0.3 is 16.2 Å². The van der Waals surface area contributed by atoms with E-state index in [1.807, 2.05) is 12.1 Å². The highest BCUT2D eigenvalue weighted by Crippen LogP contribution is 2.41. The van der Waals surface area contributed by atoms with Gasteiger partial charge in [0.2, 0.25) is 11.9 Å². The van der Waals surface area contributed by atoms with Gasteiger partial charge in [-0.05, 0) is 17.5 Å². The first-order valence-corrected chi connectivity index (χ1v) is 9.26. The number of benzene rings is 2. The van der Waals surface area contributed by atoms with Gasteiger partial charge in [-0.15, -0.1) is 0 Å². The molecule has 1 aromatic heterocycles. The first-order chi connectivity index (χ1) is 12.9. The lowest BCUT2D eigenvalue weighted by molar-refractivity contribution is -0.143. The Kier molecular flexibility index (Phi) is 3.81. The van der Waals surface area contributed by atoms with Crippen LogP contribution in [0.15, 0.2) is 41.3 Å². The zero-order valence-electron chi connectivity index (χ0n) is 13.9. The van der Waals surface area contributed by atoms with Gasteiger partial charge in [-0.25, -0.2) is 8.42 Å². The van der Waals surface area contributed by atoms with E-state index in [2.05, 4.69) is 15.0 Å². The van der Waals surface area contributed by atoms with Crippen LogP contribution in [0.4, 0.5) is 17.6 Å². The Bertz CT molecular complexity index is 1160. The quantitative estimate of drug-likeness (QED) is 0.608. The van der Waals surface area contributed by atoms with E-state index in [1.165, 1.54) is 6.07 Å². The van der Waals surface area contributed by atoms with Crippen molar-refractivity contribution in [3.05, 3.63) is 42.2 Å². The van der Waals surface area contributed by atoms with Crippen molar-refractivity contribution in [2.75, 3.05) is 22.3 Å². The summed E-state index contributed by atoms with van der Waals surface area (Å²) in [6.45, 7) is -0.785. The van der Waals surface area contributed by atoms with Crippen molar-refractivity contribution in [3.8, 4) is 0 Å². The number of anilines is 3. The summed E-state index contributed by atoms with van der Waals surface area (Å²) in [6, 6.07) is 10.2. The molecule has 0 saturated carbocycles. The number of rotatable bonds is 4. The van der Waals surface area contributed by atoms with E-state index in [1.54, 1.807) is 18.2 Å². The van der Waals surface area contributed by atoms with E-state index < -0.39 is 22.5 Å². The Balaban J connectivity index is 1.56. The smallest absolute Gasteiger partial charge is 0.327 e. The maximum atomic E-state index is 12.8. The Morgan fingerprint density at radius 3 is 2.41 bits per heavy atom. The fourth-order valence-electron chi connectivity index (χ4n) is 2.96. The van der Waals surface area contributed by atoms with E-state index in [0.29, 0.717) is 11.1 Å². The average molecular weight is 386 g/mol. The number of aromatic nitrogens is 3. The lowest BCUT2D eigenvalue weighted by atomic mass is 10.1. The SMILES string of the molecule is Nc1nc(N)nc(COC(=O)CN2c3cccc4cccc(c34)S2(=O)=O)n1. The van der Waals surface area contributed by atoms with Gasteiger partial charge in [-0.1, -0.05) is 24.3 Å². The zero-order chi connectivity index (χ0) is 19.2. The highest BCUT2D eigenvalue weighted by atomic mass is 32.2. The maximum absolute atomic E-state index is 12.8. The number of nitrogens with zero attached hydrogens (tertiary/aromatic N) is 4. The van der Waals surface area contributed by atoms with Crippen LogP contribution < -0.4 is 15.8 Å². The molecule has 0 spiro atoms. The number of carbonyl (C=O) groups excluding carboxylic acids is 1. The van der Waals surface area contributed by atoms with Crippen molar-refractivity contribution in [1.29, 1.82) is 0 Å². The molecular formula is C16H14N6O4S.